The number of carbonyl (C=O) groups is 1. The van der Waals surface area contributed by atoms with Crippen LogP contribution in [0.2, 0.25) is 0 Å². The van der Waals surface area contributed by atoms with Crippen LogP contribution >= 0.6 is 0 Å². The lowest BCUT2D eigenvalue weighted by atomic mass is 10.1. The molecule has 1 aromatic heterocycles. The molecule has 2 aromatic rings. The molecule has 128 valence electrons. The molecule has 2 heterocycles. The van der Waals surface area contributed by atoms with E-state index in [1.165, 1.54) is 6.33 Å². The molecule has 0 spiro atoms. The molecule has 2 N–H and O–H groups in total. The van der Waals surface area contributed by atoms with E-state index in [0.717, 1.165) is 37.1 Å². The summed E-state index contributed by atoms with van der Waals surface area (Å²) in [4.78, 5) is 18.2. The summed E-state index contributed by atoms with van der Waals surface area (Å²) in [6, 6.07) is 8.35. The number of benzene rings is 1. The van der Waals surface area contributed by atoms with E-state index in [4.69, 9.17) is 0 Å². The number of nitrogens with zero attached hydrogens (tertiary/aromatic N) is 4. The third-order valence-electron chi connectivity index (χ3n) is 4.34. The molecule has 0 aliphatic carbocycles. The Labute approximate surface area is 142 Å². The van der Waals surface area contributed by atoms with E-state index in [0.29, 0.717) is 13.1 Å². The zero-order chi connectivity index (χ0) is 16.8. The van der Waals surface area contributed by atoms with Gasteiger partial charge in [0, 0.05) is 12.6 Å². The van der Waals surface area contributed by atoms with Crippen molar-refractivity contribution < 1.29 is 4.79 Å². The van der Waals surface area contributed by atoms with Gasteiger partial charge in [0.2, 0.25) is 0 Å². The Bertz CT molecular complexity index is 632. The van der Waals surface area contributed by atoms with Crippen LogP contribution in [0, 0.1) is 0 Å². The maximum Gasteiger partial charge on any atom is 0.315 e. The molecule has 0 saturated carbocycles. The summed E-state index contributed by atoms with van der Waals surface area (Å²) in [7, 11) is 2.11. The largest absolute Gasteiger partial charge is 0.335 e. The molecule has 1 aliphatic rings. The number of urea groups is 1. The fraction of sp³-hybridized carbons (Fsp3) is 0.471. The van der Waals surface area contributed by atoms with E-state index in [1.54, 1.807) is 11.0 Å². The van der Waals surface area contributed by atoms with Crippen molar-refractivity contribution >= 4 is 6.03 Å². The monoisotopic (exact) mass is 328 g/mol. The van der Waals surface area contributed by atoms with Gasteiger partial charge in [0.15, 0.2) is 0 Å². The van der Waals surface area contributed by atoms with E-state index < -0.39 is 0 Å². The fourth-order valence-electron chi connectivity index (χ4n) is 2.84. The van der Waals surface area contributed by atoms with Crippen LogP contribution in [-0.2, 0) is 13.1 Å². The van der Waals surface area contributed by atoms with Gasteiger partial charge in [0.05, 0.1) is 6.54 Å². The van der Waals surface area contributed by atoms with Gasteiger partial charge in [-0.15, -0.1) is 0 Å². The SMILES string of the molecule is CN1CCC(NC(=O)NCc2ccc(Cn3cncn3)cc2)CC1. The summed E-state index contributed by atoms with van der Waals surface area (Å²) in [6.07, 6.45) is 5.26. The Balaban J connectivity index is 1.42. The van der Waals surface area contributed by atoms with Gasteiger partial charge in [-0.05, 0) is 44.1 Å². The number of nitrogens with one attached hydrogen (secondary N) is 2. The van der Waals surface area contributed by atoms with Crippen LogP contribution in [0.3, 0.4) is 0 Å². The van der Waals surface area contributed by atoms with Crippen molar-refractivity contribution in [2.45, 2.75) is 32.0 Å². The van der Waals surface area contributed by atoms with Crippen LogP contribution < -0.4 is 10.6 Å². The van der Waals surface area contributed by atoms with Crippen molar-refractivity contribution in [2.24, 2.45) is 0 Å². The predicted octanol–water partition coefficient (Wildman–Crippen LogP) is 1.22. The maximum atomic E-state index is 12.0. The first-order valence-electron chi connectivity index (χ1n) is 8.32. The predicted molar refractivity (Wildman–Crippen MR) is 91.5 cm³/mol. The molecule has 7 nitrogen and oxygen atoms in total. The van der Waals surface area contributed by atoms with Gasteiger partial charge in [0.25, 0.3) is 0 Å². The molecule has 1 fully saturated rings. The molecule has 3 rings (SSSR count). The number of amides is 2. The summed E-state index contributed by atoms with van der Waals surface area (Å²) >= 11 is 0. The highest BCUT2D eigenvalue weighted by atomic mass is 16.2. The quantitative estimate of drug-likeness (QED) is 0.865. The zero-order valence-electron chi connectivity index (χ0n) is 14.0. The van der Waals surface area contributed by atoms with Crippen LogP contribution in [-0.4, -0.2) is 51.9 Å². The van der Waals surface area contributed by atoms with E-state index in [-0.39, 0.29) is 12.1 Å². The fourth-order valence-corrected chi connectivity index (χ4v) is 2.84. The number of aromatic nitrogens is 3. The zero-order valence-corrected chi connectivity index (χ0v) is 14.0. The highest BCUT2D eigenvalue weighted by Crippen LogP contribution is 2.08. The van der Waals surface area contributed by atoms with Crippen LogP contribution in [0.4, 0.5) is 4.79 Å². The summed E-state index contributed by atoms with van der Waals surface area (Å²) in [5.74, 6) is 0. The first-order valence-corrected chi connectivity index (χ1v) is 8.32. The molecule has 1 aromatic carbocycles. The van der Waals surface area contributed by atoms with Crippen LogP contribution in [0.1, 0.15) is 24.0 Å². The maximum absolute atomic E-state index is 12.0. The van der Waals surface area contributed by atoms with Crippen molar-refractivity contribution in [3.63, 3.8) is 0 Å². The van der Waals surface area contributed by atoms with Crippen molar-refractivity contribution in [1.29, 1.82) is 0 Å². The lowest BCUT2D eigenvalue weighted by Gasteiger charge is -2.29. The van der Waals surface area contributed by atoms with Crippen LogP contribution in [0.25, 0.3) is 0 Å². The molecule has 1 saturated heterocycles. The molecule has 0 bridgehead atoms. The van der Waals surface area contributed by atoms with Crippen molar-refractivity contribution in [1.82, 2.24) is 30.3 Å². The Hall–Kier alpha value is -2.41. The minimum absolute atomic E-state index is 0.0868. The van der Waals surface area contributed by atoms with Gasteiger partial charge >= 0.3 is 6.03 Å². The number of rotatable bonds is 5. The molecule has 2 amide bonds. The Morgan fingerprint density at radius 3 is 2.58 bits per heavy atom. The molecule has 1 aliphatic heterocycles. The minimum Gasteiger partial charge on any atom is -0.335 e. The summed E-state index contributed by atoms with van der Waals surface area (Å²) in [5, 5.41) is 10.1. The van der Waals surface area contributed by atoms with Gasteiger partial charge in [-0.1, -0.05) is 24.3 Å². The van der Waals surface area contributed by atoms with Gasteiger partial charge in [0.1, 0.15) is 12.7 Å². The first-order chi connectivity index (χ1) is 11.7. The molecule has 24 heavy (non-hydrogen) atoms. The third kappa shape index (κ3) is 4.79. The average Bonchev–Trinajstić information content (AvgIpc) is 3.09. The molecule has 0 unspecified atom stereocenters. The number of carbonyl (C=O) groups excluding carboxylic acids is 1. The van der Waals surface area contributed by atoms with Crippen LogP contribution in [0.15, 0.2) is 36.9 Å². The highest BCUT2D eigenvalue weighted by molar-refractivity contribution is 5.74. The normalized spacial score (nSPS) is 16.0. The number of piperidine rings is 1. The first kappa shape index (κ1) is 16.4. The lowest BCUT2D eigenvalue weighted by Crippen LogP contribution is -2.46. The minimum atomic E-state index is -0.0868. The summed E-state index contributed by atoms with van der Waals surface area (Å²) in [5.41, 5.74) is 2.23. The Morgan fingerprint density at radius 2 is 1.92 bits per heavy atom. The van der Waals surface area contributed by atoms with Crippen LogP contribution in [0.5, 0.6) is 0 Å². The number of hydrogen-bond acceptors (Lipinski definition) is 4. The lowest BCUT2D eigenvalue weighted by molar-refractivity contribution is 0.213. The van der Waals surface area contributed by atoms with Gasteiger partial charge in [-0.2, -0.15) is 5.10 Å². The topological polar surface area (TPSA) is 75.1 Å². The molecule has 0 radical (unpaired) electrons. The molecule has 0 atom stereocenters. The van der Waals surface area contributed by atoms with E-state index >= 15 is 0 Å². The standard InChI is InChI=1S/C17H24N6O/c1-22-8-6-16(7-9-22)21-17(24)19-10-14-2-4-15(5-3-14)11-23-13-18-12-20-23/h2-5,12-13,16H,6-11H2,1H3,(H2,19,21,24). The van der Waals surface area contributed by atoms with Crippen molar-refractivity contribution in [3.05, 3.63) is 48.0 Å². The van der Waals surface area contributed by atoms with Gasteiger partial charge in [-0.3, -0.25) is 0 Å². The smallest absolute Gasteiger partial charge is 0.315 e. The average molecular weight is 328 g/mol. The molecule has 7 heteroatoms. The second kappa shape index (κ2) is 7.92. The number of likely N-dealkylation sites (tertiary alicyclic amines) is 1. The molecular formula is C17H24N6O. The summed E-state index contributed by atoms with van der Waals surface area (Å²) < 4.78 is 1.78. The molecular weight excluding hydrogens is 304 g/mol. The number of hydrogen-bond donors (Lipinski definition) is 2. The Morgan fingerprint density at radius 1 is 1.21 bits per heavy atom. The Kier molecular flexibility index (Phi) is 5.43. The van der Waals surface area contributed by atoms with E-state index in [2.05, 4.69) is 32.7 Å². The second-order valence-corrected chi connectivity index (χ2v) is 6.31. The second-order valence-electron chi connectivity index (χ2n) is 6.31. The van der Waals surface area contributed by atoms with Crippen molar-refractivity contribution in [2.75, 3.05) is 20.1 Å². The van der Waals surface area contributed by atoms with E-state index in [1.807, 2.05) is 24.3 Å². The third-order valence-corrected chi connectivity index (χ3v) is 4.34. The summed E-state index contributed by atoms with van der Waals surface area (Å²) in [6.45, 7) is 3.31. The van der Waals surface area contributed by atoms with Crippen molar-refractivity contribution in [3.8, 4) is 0 Å². The van der Waals surface area contributed by atoms with Gasteiger partial charge < -0.3 is 15.5 Å². The van der Waals surface area contributed by atoms with E-state index in [9.17, 15) is 4.79 Å². The van der Waals surface area contributed by atoms with Gasteiger partial charge in [-0.25, -0.2) is 14.5 Å². The highest BCUT2D eigenvalue weighted by Gasteiger charge is 2.17.